The lowest BCUT2D eigenvalue weighted by molar-refractivity contribution is 0.0299. The number of carbonyl (C=O) groups is 2. The first kappa shape index (κ1) is 15.4. The molecular formula is C15H20N2O4. The SMILES string of the molecule is O=C(NCCOC1CCCCC1)c1ccc(C(=O)O)nc1. The standard InChI is InChI=1S/C15H20N2O4/c18-14(11-6-7-13(15(19)20)17-10-11)16-8-9-21-12-4-2-1-3-5-12/h6-7,10,12H,1-5,8-9H2,(H,16,18)(H,19,20). The molecule has 2 rings (SSSR count). The van der Waals surface area contributed by atoms with Gasteiger partial charge in [-0.3, -0.25) is 4.79 Å². The van der Waals surface area contributed by atoms with E-state index >= 15 is 0 Å². The lowest BCUT2D eigenvalue weighted by Crippen LogP contribution is -2.29. The number of rotatable bonds is 6. The molecule has 1 aliphatic carbocycles. The highest BCUT2D eigenvalue weighted by atomic mass is 16.5. The first-order chi connectivity index (χ1) is 10.2. The van der Waals surface area contributed by atoms with Crippen molar-refractivity contribution in [1.82, 2.24) is 10.3 Å². The number of pyridine rings is 1. The average molecular weight is 292 g/mol. The van der Waals surface area contributed by atoms with Gasteiger partial charge in [-0.15, -0.1) is 0 Å². The van der Waals surface area contributed by atoms with Crippen molar-refractivity contribution in [2.45, 2.75) is 38.2 Å². The van der Waals surface area contributed by atoms with E-state index in [9.17, 15) is 9.59 Å². The molecule has 0 atom stereocenters. The molecule has 1 aromatic heterocycles. The summed E-state index contributed by atoms with van der Waals surface area (Å²) in [6, 6.07) is 2.77. The van der Waals surface area contributed by atoms with Crippen LogP contribution in [-0.4, -0.2) is 41.2 Å². The Hall–Kier alpha value is -1.95. The van der Waals surface area contributed by atoms with Crippen molar-refractivity contribution in [1.29, 1.82) is 0 Å². The van der Waals surface area contributed by atoms with Gasteiger partial charge in [0, 0.05) is 12.7 Å². The molecule has 6 heteroatoms. The van der Waals surface area contributed by atoms with Gasteiger partial charge in [0.2, 0.25) is 0 Å². The Morgan fingerprint density at radius 1 is 1.29 bits per heavy atom. The number of nitrogens with zero attached hydrogens (tertiary/aromatic N) is 1. The zero-order valence-electron chi connectivity index (χ0n) is 11.9. The third kappa shape index (κ3) is 4.82. The molecule has 0 aromatic carbocycles. The van der Waals surface area contributed by atoms with Gasteiger partial charge in [0.05, 0.1) is 18.3 Å². The summed E-state index contributed by atoms with van der Waals surface area (Å²) in [6.07, 6.45) is 7.53. The van der Waals surface area contributed by atoms with E-state index < -0.39 is 5.97 Å². The van der Waals surface area contributed by atoms with E-state index in [1.165, 1.54) is 37.6 Å². The maximum Gasteiger partial charge on any atom is 0.354 e. The molecule has 1 amide bonds. The van der Waals surface area contributed by atoms with Gasteiger partial charge in [0.15, 0.2) is 0 Å². The van der Waals surface area contributed by atoms with E-state index in [1.54, 1.807) is 0 Å². The molecule has 0 radical (unpaired) electrons. The van der Waals surface area contributed by atoms with Gasteiger partial charge in [0.1, 0.15) is 5.69 Å². The van der Waals surface area contributed by atoms with E-state index in [0.717, 1.165) is 12.8 Å². The summed E-state index contributed by atoms with van der Waals surface area (Å²) in [5.41, 5.74) is 0.268. The van der Waals surface area contributed by atoms with E-state index in [2.05, 4.69) is 10.3 Å². The summed E-state index contributed by atoms with van der Waals surface area (Å²) < 4.78 is 5.71. The van der Waals surface area contributed by atoms with Gasteiger partial charge >= 0.3 is 5.97 Å². The average Bonchev–Trinajstić information content (AvgIpc) is 2.52. The first-order valence-electron chi connectivity index (χ1n) is 7.26. The van der Waals surface area contributed by atoms with Crippen LogP contribution in [0.15, 0.2) is 18.3 Å². The maximum atomic E-state index is 11.8. The topological polar surface area (TPSA) is 88.5 Å². The molecular weight excluding hydrogens is 272 g/mol. The Labute approximate surface area is 123 Å². The van der Waals surface area contributed by atoms with Crippen molar-refractivity contribution in [3.63, 3.8) is 0 Å². The van der Waals surface area contributed by atoms with E-state index in [4.69, 9.17) is 9.84 Å². The van der Waals surface area contributed by atoms with Gasteiger partial charge in [-0.05, 0) is 25.0 Å². The summed E-state index contributed by atoms with van der Waals surface area (Å²) >= 11 is 0. The van der Waals surface area contributed by atoms with E-state index in [1.807, 2.05) is 0 Å². The fraction of sp³-hybridized carbons (Fsp3) is 0.533. The molecule has 0 spiro atoms. The number of carboxylic acid groups (broad SMARTS) is 1. The normalized spacial score (nSPS) is 15.6. The highest BCUT2D eigenvalue weighted by molar-refractivity contribution is 5.94. The molecule has 1 saturated carbocycles. The van der Waals surface area contributed by atoms with Crippen molar-refractivity contribution in [3.8, 4) is 0 Å². The van der Waals surface area contributed by atoms with Crippen molar-refractivity contribution >= 4 is 11.9 Å². The van der Waals surface area contributed by atoms with Crippen LogP contribution in [0.3, 0.4) is 0 Å². The molecule has 6 nitrogen and oxygen atoms in total. The van der Waals surface area contributed by atoms with Crippen LogP contribution in [0.1, 0.15) is 53.0 Å². The molecule has 0 aliphatic heterocycles. The molecule has 114 valence electrons. The van der Waals surface area contributed by atoms with Gasteiger partial charge in [-0.25, -0.2) is 9.78 Å². The van der Waals surface area contributed by atoms with Crippen LogP contribution in [0.25, 0.3) is 0 Å². The van der Waals surface area contributed by atoms with Crippen LogP contribution in [0.5, 0.6) is 0 Å². The monoisotopic (exact) mass is 292 g/mol. The molecule has 1 fully saturated rings. The molecule has 2 N–H and O–H groups in total. The number of hydrogen-bond donors (Lipinski definition) is 2. The predicted octanol–water partition coefficient (Wildman–Crippen LogP) is 1.86. The minimum atomic E-state index is -1.11. The van der Waals surface area contributed by atoms with Gasteiger partial charge in [-0.1, -0.05) is 19.3 Å². The Morgan fingerprint density at radius 3 is 2.67 bits per heavy atom. The number of amides is 1. The Balaban J connectivity index is 1.70. The van der Waals surface area contributed by atoms with Crippen molar-refractivity contribution in [3.05, 3.63) is 29.6 Å². The summed E-state index contributed by atoms with van der Waals surface area (Å²) in [5, 5.41) is 11.5. The number of aromatic nitrogens is 1. The predicted molar refractivity (Wildman–Crippen MR) is 76.4 cm³/mol. The number of carboxylic acids is 1. The zero-order valence-corrected chi connectivity index (χ0v) is 11.9. The van der Waals surface area contributed by atoms with Gasteiger partial charge in [-0.2, -0.15) is 0 Å². The minimum absolute atomic E-state index is 0.0767. The molecule has 1 heterocycles. The highest BCUT2D eigenvalue weighted by Gasteiger charge is 2.13. The van der Waals surface area contributed by atoms with Crippen molar-refractivity contribution < 1.29 is 19.4 Å². The third-order valence-corrected chi connectivity index (χ3v) is 3.54. The summed E-state index contributed by atoms with van der Waals surface area (Å²) in [6.45, 7) is 0.938. The van der Waals surface area contributed by atoms with Gasteiger partial charge < -0.3 is 15.2 Å². The Bertz CT molecular complexity index is 481. The Morgan fingerprint density at radius 2 is 2.05 bits per heavy atom. The summed E-state index contributed by atoms with van der Waals surface area (Å²) in [7, 11) is 0. The number of nitrogens with one attached hydrogen (secondary N) is 1. The number of aromatic carboxylic acids is 1. The second-order valence-electron chi connectivity index (χ2n) is 5.12. The third-order valence-electron chi connectivity index (χ3n) is 3.54. The smallest absolute Gasteiger partial charge is 0.354 e. The first-order valence-corrected chi connectivity index (χ1v) is 7.26. The van der Waals surface area contributed by atoms with E-state index in [-0.39, 0.29) is 11.6 Å². The Kier molecular flexibility index (Phi) is 5.68. The van der Waals surface area contributed by atoms with Crippen molar-refractivity contribution in [2.24, 2.45) is 0 Å². The fourth-order valence-electron chi connectivity index (χ4n) is 2.38. The van der Waals surface area contributed by atoms with Gasteiger partial charge in [0.25, 0.3) is 5.91 Å². The second-order valence-corrected chi connectivity index (χ2v) is 5.12. The van der Waals surface area contributed by atoms with Crippen molar-refractivity contribution in [2.75, 3.05) is 13.2 Å². The van der Waals surface area contributed by atoms with Crippen LogP contribution in [0, 0.1) is 0 Å². The summed E-state index contributed by atoms with van der Waals surface area (Å²) in [5.74, 6) is -1.38. The second kappa shape index (κ2) is 7.73. The molecule has 0 unspecified atom stereocenters. The summed E-state index contributed by atoms with van der Waals surface area (Å²) in [4.78, 5) is 26.2. The lowest BCUT2D eigenvalue weighted by atomic mass is 9.98. The number of hydrogen-bond acceptors (Lipinski definition) is 4. The molecule has 0 bridgehead atoms. The minimum Gasteiger partial charge on any atom is -0.477 e. The van der Waals surface area contributed by atoms with Crippen LogP contribution < -0.4 is 5.32 Å². The van der Waals surface area contributed by atoms with Crippen LogP contribution >= 0.6 is 0 Å². The molecule has 1 aromatic rings. The fourth-order valence-corrected chi connectivity index (χ4v) is 2.38. The molecule has 21 heavy (non-hydrogen) atoms. The zero-order chi connectivity index (χ0) is 15.1. The van der Waals surface area contributed by atoms with Crippen LogP contribution in [-0.2, 0) is 4.74 Å². The molecule has 0 saturated heterocycles. The molecule has 1 aliphatic rings. The largest absolute Gasteiger partial charge is 0.477 e. The lowest BCUT2D eigenvalue weighted by Gasteiger charge is -2.21. The maximum absolute atomic E-state index is 11.8. The van der Waals surface area contributed by atoms with Crippen LogP contribution in [0.2, 0.25) is 0 Å². The van der Waals surface area contributed by atoms with Crippen LogP contribution in [0.4, 0.5) is 0 Å². The number of ether oxygens (including phenoxy) is 1. The number of carbonyl (C=O) groups excluding carboxylic acids is 1. The highest BCUT2D eigenvalue weighted by Crippen LogP contribution is 2.19. The van der Waals surface area contributed by atoms with E-state index in [0.29, 0.717) is 24.8 Å². The quantitative estimate of drug-likeness (QED) is 0.781.